The van der Waals surface area contributed by atoms with E-state index in [1.807, 2.05) is 91.0 Å². The Morgan fingerprint density at radius 2 is 1.00 bits per heavy atom. The van der Waals surface area contributed by atoms with Crippen LogP contribution in [-0.4, -0.2) is 34.3 Å². The van der Waals surface area contributed by atoms with Gasteiger partial charge in [0.15, 0.2) is 17.8 Å². The van der Waals surface area contributed by atoms with Crippen molar-refractivity contribution in [2.45, 2.75) is 6.10 Å². The molecule has 0 fully saturated rings. The van der Waals surface area contributed by atoms with E-state index in [4.69, 9.17) is 30.8 Å². The predicted molar refractivity (Wildman–Crippen MR) is 144 cm³/mol. The van der Waals surface area contributed by atoms with Crippen molar-refractivity contribution in [1.82, 2.24) is 15.0 Å². The van der Waals surface area contributed by atoms with Crippen LogP contribution >= 0.6 is 11.6 Å². The third-order valence-corrected chi connectivity index (χ3v) is 5.63. The highest BCUT2D eigenvalue weighted by Gasteiger charge is 2.18. The van der Waals surface area contributed by atoms with E-state index in [-0.39, 0.29) is 19.2 Å². The number of ether oxygens (including phenoxy) is 3. The second-order valence-corrected chi connectivity index (χ2v) is 8.56. The smallest absolute Gasteiger partial charge is 0.321 e. The number of rotatable bonds is 10. The molecule has 0 saturated heterocycles. The van der Waals surface area contributed by atoms with E-state index in [9.17, 15) is 0 Å². The zero-order valence-corrected chi connectivity index (χ0v) is 20.7. The summed E-state index contributed by atoms with van der Waals surface area (Å²) in [6, 6.07) is 36.4. The van der Waals surface area contributed by atoms with Gasteiger partial charge in [-0.3, -0.25) is 0 Å². The lowest BCUT2D eigenvalue weighted by Gasteiger charge is -2.20. The topological polar surface area (TPSA) is 66.4 Å². The largest absolute Gasteiger partial charge is 0.490 e. The van der Waals surface area contributed by atoms with Crippen LogP contribution in [0.4, 0.5) is 0 Å². The molecular weight excluding hydrogens is 486 g/mol. The van der Waals surface area contributed by atoms with Crippen LogP contribution in [0.2, 0.25) is 5.02 Å². The number of para-hydroxylation sites is 1. The Balaban J connectivity index is 1.42. The number of benzene rings is 4. The van der Waals surface area contributed by atoms with Gasteiger partial charge >= 0.3 is 6.01 Å². The SMILES string of the molecule is Clc1ccc(OC[C@@H](COc2ccccc2)Oc2nc(-c3ccccc3)nc(-c3ccccc3)n2)cc1. The number of nitrogens with zero attached hydrogens (tertiary/aromatic N) is 3. The van der Waals surface area contributed by atoms with Crippen molar-refractivity contribution in [3.8, 4) is 40.3 Å². The summed E-state index contributed by atoms with van der Waals surface area (Å²) >= 11 is 6.01. The monoisotopic (exact) mass is 509 g/mol. The number of hydrogen-bond donors (Lipinski definition) is 0. The van der Waals surface area contributed by atoms with E-state index in [1.165, 1.54) is 0 Å². The molecular formula is C30H24ClN3O3. The Bertz CT molecular complexity index is 1350. The van der Waals surface area contributed by atoms with Gasteiger partial charge in [0.1, 0.15) is 24.7 Å². The van der Waals surface area contributed by atoms with Gasteiger partial charge in [-0.05, 0) is 36.4 Å². The van der Waals surface area contributed by atoms with E-state index in [0.29, 0.717) is 22.4 Å². The molecule has 0 aliphatic rings. The van der Waals surface area contributed by atoms with Gasteiger partial charge in [-0.15, -0.1) is 0 Å². The Kier molecular flexibility index (Phi) is 7.88. The van der Waals surface area contributed by atoms with Gasteiger partial charge in [-0.1, -0.05) is 90.5 Å². The van der Waals surface area contributed by atoms with Crippen molar-refractivity contribution in [3.63, 3.8) is 0 Å². The highest BCUT2D eigenvalue weighted by atomic mass is 35.5. The van der Waals surface area contributed by atoms with E-state index >= 15 is 0 Å². The van der Waals surface area contributed by atoms with E-state index < -0.39 is 6.10 Å². The van der Waals surface area contributed by atoms with Crippen LogP contribution in [0.3, 0.4) is 0 Å². The summed E-state index contributed by atoms with van der Waals surface area (Å²) in [5.74, 6) is 2.44. The third kappa shape index (κ3) is 6.84. The molecule has 6 nitrogen and oxygen atoms in total. The van der Waals surface area contributed by atoms with Gasteiger partial charge < -0.3 is 14.2 Å². The maximum Gasteiger partial charge on any atom is 0.321 e. The molecule has 4 aromatic carbocycles. The Morgan fingerprint density at radius 1 is 0.541 bits per heavy atom. The molecule has 5 aromatic rings. The molecule has 1 aromatic heterocycles. The molecule has 5 rings (SSSR count). The van der Waals surface area contributed by atoms with E-state index in [1.54, 1.807) is 24.3 Å². The predicted octanol–water partition coefficient (Wildman–Crippen LogP) is 6.76. The minimum absolute atomic E-state index is 0.189. The van der Waals surface area contributed by atoms with Crippen LogP contribution < -0.4 is 14.2 Å². The summed E-state index contributed by atoms with van der Waals surface area (Å²) in [6.07, 6.45) is -0.509. The normalized spacial score (nSPS) is 11.5. The molecule has 7 heteroatoms. The zero-order valence-electron chi connectivity index (χ0n) is 19.9. The van der Waals surface area contributed by atoms with E-state index in [0.717, 1.165) is 16.9 Å². The first-order chi connectivity index (χ1) is 18.2. The fraction of sp³-hybridized carbons (Fsp3) is 0.100. The number of halogens is 1. The molecule has 0 aliphatic heterocycles. The molecule has 0 bridgehead atoms. The molecule has 1 atom stereocenters. The molecule has 0 saturated carbocycles. The van der Waals surface area contributed by atoms with Crippen LogP contribution in [0.5, 0.6) is 17.5 Å². The molecule has 0 spiro atoms. The van der Waals surface area contributed by atoms with Crippen LogP contribution in [0.1, 0.15) is 0 Å². The lowest BCUT2D eigenvalue weighted by atomic mass is 10.2. The molecule has 0 unspecified atom stereocenters. The Labute approximate surface area is 220 Å². The van der Waals surface area contributed by atoms with Crippen molar-refractivity contribution in [3.05, 3.63) is 120 Å². The van der Waals surface area contributed by atoms with Crippen molar-refractivity contribution >= 4 is 11.6 Å². The second kappa shape index (κ2) is 12.0. The van der Waals surface area contributed by atoms with Gasteiger partial charge in [-0.2, -0.15) is 9.97 Å². The summed E-state index contributed by atoms with van der Waals surface area (Å²) in [7, 11) is 0. The maximum atomic E-state index is 6.27. The molecule has 0 amide bonds. The van der Waals surface area contributed by atoms with Crippen LogP contribution in [0, 0.1) is 0 Å². The van der Waals surface area contributed by atoms with Gasteiger partial charge in [-0.25, -0.2) is 4.98 Å². The van der Waals surface area contributed by atoms with Gasteiger partial charge in [0.25, 0.3) is 0 Å². The number of aromatic nitrogens is 3. The third-order valence-electron chi connectivity index (χ3n) is 5.38. The molecule has 37 heavy (non-hydrogen) atoms. The molecule has 0 N–H and O–H groups in total. The second-order valence-electron chi connectivity index (χ2n) is 8.13. The Morgan fingerprint density at radius 3 is 1.51 bits per heavy atom. The first-order valence-corrected chi connectivity index (χ1v) is 12.2. The minimum atomic E-state index is -0.509. The first-order valence-electron chi connectivity index (χ1n) is 11.8. The molecule has 184 valence electrons. The van der Waals surface area contributed by atoms with Crippen molar-refractivity contribution < 1.29 is 14.2 Å². The van der Waals surface area contributed by atoms with Gasteiger partial charge in [0, 0.05) is 16.1 Å². The molecule has 0 aliphatic carbocycles. The summed E-state index contributed by atoms with van der Waals surface area (Å²) in [6.45, 7) is 0.437. The first kappa shape index (κ1) is 24.3. The fourth-order valence-corrected chi connectivity index (χ4v) is 3.66. The maximum absolute atomic E-state index is 6.27. The summed E-state index contributed by atoms with van der Waals surface area (Å²) in [4.78, 5) is 13.9. The van der Waals surface area contributed by atoms with Crippen molar-refractivity contribution in [1.29, 1.82) is 0 Å². The lowest BCUT2D eigenvalue weighted by molar-refractivity contribution is 0.0736. The highest BCUT2D eigenvalue weighted by Crippen LogP contribution is 2.23. The molecule has 0 radical (unpaired) electrons. The Hall–Kier alpha value is -4.42. The quantitative estimate of drug-likeness (QED) is 0.207. The van der Waals surface area contributed by atoms with Crippen LogP contribution in [0.15, 0.2) is 115 Å². The fourth-order valence-electron chi connectivity index (χ4n) is 3.53. The highest BCUT2D eigenvalue weighted by molar-refractivity contribution is 6.30. The van der Waals surface area contributed by atoms with Crippen LogP contribution in [-0.2, 0) is 0 Å². The standard InChI is InChI=1S/C30H24ClN3O3/c31-24-16-18-26(19-17-24)36-21-27(20-35-25-14-8-3-9-15-25)37-30-33-28(22-10-4-1-5-11-22)32-29(34-30)23-12-6-2-7-13-23/h1-19,27H,20-21H2/t27-/m1/s1. The zero-order chi connectivity index (χ0) is 25.3. The molecule has 1 heterocycles. The minimum Gasteiger partial charge on any atom is -0.490 e. The van der Waals surface area contributed by atoms with Crippen molar-refractivity contribution in [2.24, 2.45) is 0 Å². The average molecular weight is 510 g/mol. The number of hydrogen-bond acceptors (Lipinski definition) is 6. The summed E-state index contributed by atoms with van der Waals surface area (Å²) in [5.41, 5.74) is 1.72. The summed E-state index contributed by atoms with van der Waals surface area (Å²) in [5, 5.41) is 0.639. The summed E-state index contributed by atoms with van der Waals surface area (Å²) < 4.78 is 18.2. The average Bonchev–Trinajstić information content (AvgIpc) is 2.96. The van der Waals surface area contributed by atoms with Gasteiger partial charge in [0.2, 0.25) is 0 Å². The van der Waals surface area contributed by atoms with Crippen molar-refractivity contribution in [2.75, 3.05) is 13.2 Å². The van der Waals surface area contributed by atoms with E-state index in [2.05, 4.69) is 9.97 Å². The lowest BCUT2D eigenvalue weighted by Crippen LogP contribution is -2.32. The van der Waals surface area contributed by atoms with Gasteiger partial charge in [0.05, 0.1) is 0 Å². The van der Waals surface area contributed by atoms with Crippen LogP contribution in [0.25, 0.3) is 22.8 Å².